The molecule has 12 aromatic rings. The summed E-state index contributed by atoms with van der Waals surface area (Å²) < 4.78 is 11.7. The summed E-state index contributed by atoms with van der Waals surface area (Å²) in [6, 6.07) is 63.7. The zero-order chi connectivity index (χ0) is 37.5. The molecule has 0 aliphatic carbocycles. The smallest absolute Gasteiger partial charge is 0.164 e. The largest absolute Gasteiger partial charge is 0.455 e. The van der Waals surface area contributed by atoms with E-state index < -0.39 is 0 Å². The molecular weight excluding hydrogens is 717 g/mol. The predicted molar refractivity (Wildman–Crippen MR) is 236 cm³/mol. The zero-order valence-electron chi connectivity index (χ0n) is 30.4. The number of fused-ring (bicyclic) bond motifs is 9. The minimum absolute atomic E-state index is 0.645. The zero-order valence-corrected chi connectivity index (χ0v) is 31.2. The van der Waals surface area contributed by atoms with E-state index in [4.69, 9.17) is 19.4 Å². The van der Waals surface area contributed by atoms with Gasteiger partial charge in [-0.15, -0.1) is 11.3 Å². The van der Waals surface area contributed by atoms with Crippen LogP contribution in [0.5, 0.6) is 0 Å². The third-order valence-electron chi connectivity index (χ3n) is 11.1. The summed E-state index contributed by atoms with van der Waals surface area (Å²) in [6.45, 7) is 0. The predicted octanol–water partition coefficient (Wildman–Crippen LogP) is 13.9. The molecule has 4 aromatic heterocycles. The van der Waals surface area contributed by atoms with Crippen molar-refractivity contribution >= 4 is 75.3 Å². The van der Waals surface area contributed by atoms with E-state index in [1.54, 1.807) is 0 Å². The summed E-state index contributed by atoms with van der Waals surface area (Å²) in [6.07, 6.45) is 0. The Hall–Kier alpha value is -7.41. The Labute approximate surface area is 330 Å². The van der Waals surface area contributed by atoms with Gasteiger partial charge in [0.1, 0.15) is 11.2 Å². The highest BCUT2D eigenvalue weighted by Gasteiger charge is 2.21. The Morgan fingerprint density at radius 3 is 1.67 bits per heavy atom. The minimum Gasteiger partial charge on any atom is -0.455 e. The van der Waals surface area contributed by atoms with E-state index in [-0.39, 0.29) is 0 Å². The van der Waals surface area contributed by atoms with Crippen LogP contribution in [0.15, 0.2) is 186 Å². The average molecular weight is 747 g/mol. The lowest BCUT2D eigenvalue weighted by molar-refractivity contribution is 0.670. The summed E-state index contributed by atoms with van der Waals surface area (Å²) in [5.41, 5.74) is 10.3. The van der Waals surface area contributed by atoms with Crippen LogP contribution in [0, 0.1) is 0 Å². The molecule has 0 spiro atoms. The molecule has 0 amide bonds. The number of rotatable bonds is 5. The number of para-hydroxylation sites is 3. The highest BCUT2D eigenvalue weighted by Crippen LogP contribution is 2.45. The van der Waals surface area contributed by atoms with Crippen LogP contribution in [0.25, 0.3) is 115 Å². The van der Waals surface area contributed by atoms with Crippen molar-refractivity contribution in [2.75, 3.05) is 0 Å². The number of hydrogen-bond acceptors (Lipinski definition) is 5. The van der Waals surface area contributed by atoms with Crippen molar-refractivity contribution in [3.63, 3.8) is 0 Å². The van der Waals surface area contributed by atoms with Gasteiger partial charge in [0.2, 0.25) is 0 Å². The SMILES string of the molecule is c1ccc(-c2nc(-c3ccccc3)nc(-c3ccc4sc5c(-c6cccc7c6oc6cccc(-n8c9ccccc9c9ccccc98)c67)cccc5c4c3)n2)cc1. The van der Waals surface area contributed by atoms with Gasteiger partial charge in [-0.25, -0.2) is 15.0 Å². The molecule has 0 aliphatic rings. The van der Waals surface area contributed by atoms with Crippen LogP contribution in [0.1, 0.15) is 0 Å². The lowest BCUT2D eigenvalue weighted by Crippen LogP contribution is -2.00. The second kappa shape index (κ2) is 12.6. The van der Waals surface area contributed by atoms with Crippen molar-refractivity contribution in [2.45, 2.75) is 0 Å². The first-order valence-electron chi connectivity index (χ1n) is 19.0. The van der Waals surface area contributed by atoms with Gasteiger partial charge in [-0.1, -0.05) is 140 Å². The maximum absolute atomic E-state index is 6.86. The Kier molecular flexibility index (Phi) is 7.03. The normalized spacial score (nSPS) is 11.9. The highest BCUT2D eigenvalue weighted by molar-refractivity contribution is 7.26. The van der Waals surface area contributed by atoms with Crippen LogP contribution in [0.3, 0.4) is 0 Å². The first-order chi connectivity index (χ1) is 28.3. The van der Waals surface area contributed by atoms with Crippen LogP contribution in [0.2, 0.25) is 0 Å². The Bertz CT molecular complexity index is 3420. The van der Waals surface area contributed by atoms with Crippen LogP contribution in [0.4, 0.5) is 0 Å². The number of nitrogens with zero attached hydrogens (tertiary/aromatic N) is 4. The molecule has 12 rings (SSSR count). The summed E-state index contributed by atoms with van der Waals surface area (Å²) in [5, 5.41) is 7.04. The summed E-state index contributed by atoms with van der Waals surface area (Å²) >= 11 is 1.81. The molecule has 266 valence electrons. The van der Waals surface area contributed by atoms with Crippen LogP contribution in [-0.4, -0.2) is 19.5 Å². The molecule has 5 nitrogen and oxygen atoms in total. The van der Waals surface area contributed by atoms with Gasteiger partial charge in [-0.05, 0) is 42.5 Å². The quantitative estimate of drug-likeness (QED) is 0.176. The van der Waals surface area contributed by atoms with Gasteiger partial charge in [0.05, 0.1) is 22.1 Å². The van der Waals surface area contributed by atoms with E-state index in [0.29, 0.717) is 17.5 Å². The van der Waals surface area contributed by atoms with E-state index in [0.717, 1.165) is 55.4 Å². The third kappa shape index (κ3) is 4.98. The molecule has 8 aromatic carbocycles. The second-order valence-electron chi connectivity index (χ2n) is 14.3. The van der Waals surface area contributed by atoms with Crippen LogP contribution in [-0.2, 0) is 0 Å². The summed E-state index contributed by atoms with van der Waals surface area (Å²) in [4.78, 5) is 14.9. The number of benzene rings is 8. The van der Waals surface area contributed by atoms with Gasteiger partial charge < -0.3 is 8.98 Å². The lowest BCUT2D eigenvalue weighted by Gasteiger charge is -2.09. The fraction of sp³-hybridized carbons (Fsp3) is 0. The monoisotopic (exact) mass is 746 g/mol. The molecule has 6 heteroatoms. The molecule has 0 atom stereocenters. The first-order valence-corrected chi connectivity index (χ1v) is 19.8. The second-order valence-corrected chi connectivity index (χ2v) is 15.4. The third-order valence-corrected chi connectivity index (χ3v) is 12.3. The molecule has 0 unspecified atom stereocenters. The Balaban J connectivity index is 1.03. The molecule has 0 saturated heterocycles. The minimum atomic E-state index is 0.645. The van der Waals surface area contributed by atoms with E-state index in [9.17, 15) is 0 Å². The van der Waals surface area contributed by atoms with Gasteiger partial charge in [0, 0.05) is 64.1 Å². The lowest BCUT2D eigenvalue weighted by atomic mass is 9.99. The summed E-state index contributed by atoms with van der Waals surface area (Å²) in [5.74, 6) is 1.95. The van der Waals surface area contributed by atoms with Crippen molar-refractivity contribution < 1.29 is 4.42 Å². The summed E-state index contributed by atoms with van der Waals surface area (Å²) in [7, 11) is 0. The standard InChI is InChI=1S/C51H30N4OS/c1-3-14-31(15-4-1)49-52-50(32-16-5-2-6-17-32)54-51(53-49)33-28-29-45-40(30-33)38-22-12-21-37(48(38)57-45)36-20-11-23-39-46-43(26-13-27-44(46)56-47(36)39)55-41-24-9-7-18-34(41)35-19-8-10-25-42(35)55/h1-30H. The van der Waals surface area contributed by atoms with E-state index in [1.807, 2.05) is 72.0 Å². The van der Waals surface area contributed by atoms with E-state index >= 15 is 0 Å². The molecule has 0 N–H and O–H groups in total. The van der Waals surface area contributed by atoms with Gasteiger partial charge in [-0.2, -0.15) is 0 Å². The number of aromatic nitrogens is 4. The molecule has 0 fully saturated rings. The van der Waals surface area contributed by atoms with Crippen LogP contribution < -0.4 is 0 Å². The number of thiophene rings is 1. The Morgan fingerprint density at radius 2 is 0.982 bits per heavy atom. The average Bonchev–Trinajstić information content (AvgIpc) is 3.96. The molecule has 57 heavy (non-hydrogen) atoms. The maximum Gasteiger partial charge on any atom is 0.164 e. The molecule has 0 radical (unpaired) electrons. The molecule has 4 heterocycles. The van der Waals surface area contributed by atoms with Crippen molar-refractivity contribution in [2.24, 2.45) is 0 Å². The fourth-order valence-corrected chi connectivity index (χ4v) is 9.71. The molecular formula is C51H30N4OS. The molecule has 0 aliphatic heterocycles. The van der Waals surface area contributed by atoms with Crippen molar-refractivity contribution in [3.05, 3.63) is 182 Å². The number of hydrogen-bond donors (Lipinski definition) is 0. The first kappa shape index (κ1) is 31.9. The van der Waals surface area contributed by atoms with Crippen molar-refractivity contribution in [1.82, 2.24) is 19.5 Å². The highest BCUT2D eigenvalue weighted by atomic mass is 32.1. The van der Waals surface area contributed by atoms with Crippen molar-refractivity contribution in [3.8, 4) is 51.0 Å². The topological polar surface area (TPSA) is 56.7 Å². The fourth-order valence-electron chi connectivity index (χ4n) is 8.50. The number of furan rings is 1. The molecule has 0 bridgehead atoms. The molecule has 0 saturated carbocycles. The van der Waals surface area contributed by atoms with Crippen molar-refractivity contribution in [1.29, 1.82) is 0 Å². The van der Waals surface area contributed by atoms with Crippen LogP contribution >= 0.6 is 11.3 Å². The van der Waals surface area contributed by atoms with Gasteiger partial charge in [-0.3, -0.25) is 0 Å². The maximum atomic E-state index is 6.86. The van der Waals surface area contributed by atoms with Gasteiger partial charge in [0.15, 0.2) is 17.5 Å². The van der Waals surface area contributed by atoms with E-state index in [1.165, 1.54) is 42.0 Å². The van der Waals surface area contributed by atoms with E-state index in [2.05, 4.69) is 126 Å². The van der Waals surface area contributed by atoms with Gasteiger partial charge >= 0.3 is 0 Å². The van der Waals surface area contributed by atoms with Gasteiger partial charge in [0.25, 0.3) is 0 Å². The Morgan fingerprint density at radius 1 is 0.421 bits per heavy atom.